The summed E-state index contributed by atoms with van der Waals surface area (Å²) >= 11 is 0. The summed E-state index contributed by atoms with van der Waals surface area (Å²) in [5, 5.41) is 3.37. The molecule has 1 N–H and O–H groups in total. The van der Waals surface area contributed by atoms with Crippen LogP contribution in [0.5, 0.6) is 0 Å². The average molecular weight is 253 g/mol. The molecule has 2 unspecified atom stereocenters. The van der Waals surface area contributed by atoms with Crippen LogP contribution in [0.3, 0.4) is 0 Å². The lowest BCUT2D eigenvalue weighted by Gasteiger charge is -2.47. The molecule has 0 aromatic rings. The van der Waals surface area contributed by atoms with E-state index in [9.17, 15) is 0 Å². The third-order valence-corrected chi connectivity index (χ3v) is 4.81. The molecule has 0 saturated carbocycles. The van der Waals surface area contributed by atoms with Crippen LogP contribution in [0.1, 0.15) is 26.7 Å². The molecule has 18 heavy (non-hydrogen) atoms. The van der Waals surface area contributed by atoms with Gasteiger partial charge in [0.15, 0.2) is 0 Å². The molecule has 4 heteroatoms. The summed E-state index contributed by atoms with van der Waals surface area (Å²) in [6.45, 7) is 11.9. The van der Waals surface area contributed by atoms with Gasteiger partial charge in [-0.05, 0) is 26.7 Å². The Morgan fingerprint density at radius 3 is 1.78 bits per heavy atom. The first kappa shape index (κ1) is 12.9. The number of hydrogen-bond donors (Lipinski definition) is 1. The Morgan fingerprint density at radius 2 is 1.33 bits per heavy atom. The maximum atomic E-state index is 5.85. The van der Waals surface area contributed by atoms with E-state index in [0.29, 0.717) is 12.2 Å². The molecule has 0 spiro atoms. The minimum atomic E-state index is 0.438. The van der Waals surface area contributed by atoms with Gasteiger partial charge in [-0.2, -0.15) is 0 Å². The van der Waals surface area contributed by atoms with Gasteiger partial charge in [0.25, 0.3) is 0 Å². The van der Waals surface area contributed by atoms with E-state index in [1.165, 1.54) is 52.1 Å². The van der Waals surface area contributed by atoms with Crippen molar-refractivity contribution in [2.75, 3.05) is 39.3 Å². The van der Waals surface area contributed by atoms with Gasteiger partial charge in [-0.3, -0.25) is 9.80 Å². The molecule has 3 fully saturated rings. The Hall–Kier alpha value is -0.160. The first-order valence-electron chi connectivity index (χ1n) is 7.56. The largest absolute Gasteiger partial charge is 0.375 e. The van der Waals surface area contributed by atoms with Crippen LogP contribution >= 0.6 is 0 Å². The van der Waals surface area contributed by atoms with Crippen molar-refractivity contribution >= 4 is 0 Å². The van der Waals surface area contributed by atoms with Gasteiger partial charge < -0.3 is 10.1 Å². The molecule has 0 bridgehead atoms. The Labute approximate surface area is 111 Å². The van der Waals surface area contributed by atoms with Gasteiger partial charge in [0, 0.05) is 51.4 Å². The van der Waals surface area contributed by atoms with Crippen LogP contribution in [-0.2, 0) is 4.74 Å². The predicted molar refractivity (Wildman–Crippen MR) is 72.8 cm³/mol. The first-order valence-corrected chi connectivity index (χ1v) is 7.56. The van der Waals surface area contributed by atoms with Gasteiger partial charge in [0.1, 0.15) is 0 Å². The lowest BCUT2D eigenvalue weighted by molar-refractivity contribution is -0.0737. The third kappa shape index (κ3) is 2.72. The summed E-state index contributed by atoms with van der Waals surface area (Å²) in [6.07, 6.45) is 3.31. The summed E-state index contributed by atoms with van der Waals surface area (Å²) in [5.74, 6) is 0. The zero-order chi connectivity index (χ0) is 12.5. The van der Waals surface area contributed by atoms with Crippen LogP contribution in [0.15, 0.2) is 0 Å². The van der Waals surface area contributed by atoms with E-state index in [1.807, 2.05) is 0 Å². The SMILES string of the molecule is CC1CC(N2CCN(C3CNC3)CC2)CC(C)O1. The Morgan fingerprint density at radius 1 is 0.833 bits per heavy atom. The second kappa shape index (κ2) is 5.45. The Bertz CT molecular complexity index is 264. The lowest BCUT2D eigenvalue weighted by atomic mass is 9.97. The van der Waals surface area contributed by atoms with Crippen molar-refractivity contribution in [1.82, 2.24) is 15.1 Å². The molecule has 3 aliphatic heterocycles. The van der Waals surface area contributed by atoms with E-state index in [0.717, 1.165) is 12.1 Å². The summed E-state index contributed by atoms with van der Waals surface area (Å²) in [4.78, 5) is 5.37. The molecular weight excluding hydrogens is 226 g/mol. The fourth-order valence-electron chi connectivity index (χ4n) is 3.67. The second-order valence-corrected chi connectivity index (χ2v) is 6.27. The molecule has 0 radical (unpaired) electrons. The van der Waals surface area contributed by atoms with E-state index < -0.39 is 0 Å². The highest BCUT2D eigenvalue weighted by Crippen LogP contribution is 2.24. The predicted octanol–water partition coefficient (Wildman–Crippen LogP) is 0.532. The molecular formula is C14H27N3O. The summed E-state index contributed by atoms with van der Waals surface area (Å²) < 4.78 is 5.85. The van der Waals surface area contributed by atoms with Crippen LogP contribution in [0.2, 0.25) is 0 Å². The second-order valence-electron chi connectivity index (χ2n) is 6.27. The number of nitrogens with zero attached hydrogens (tertiary/aromatic N) is 2. The van der Waals surface area contributed by atoms with Gasteiger partial charge in [0.2, 0.25) is 0 Å². The molecule has 0 aromatic heterocycles. The molecule has 0 amide bonds. The zero-order valence-electron chi connectivity index (χ0n) is 11.8. The smallest absolute Gasteiger partial charge is 0.0565 e. The number of ether oxygens (including phenoxy) is 1. The fraction of sp³-hybridized carbons (Fsp3) is 1.00. The Balaban J connectivity index is 1.49. The minimum absolute atomic E-state index is 0.438. The van der Waals surface area contributed by atoms with Crippen LogP contribution in [0.4, 0.5) is 0 Å². The zero-order valence-corrected chi connectivity index (χ0v) is 11.8. The molecule has 2 atom stereocenters. The lowest BCUT2D eigenvalue weighted by Crippen LogP contribution is -2.62. The normalized spacial score (nSPS) is 40.7. The fourth-order valence-corrected chi connectivity index (χ4v) is 3.67. The van der Waals surface area contributed by atoms with Gasteiger partial charge in [-0.1, -0.05) is 0 Å². The van der Waals surface area contributed by atoms with Crippen molar-refractivity contribution in [3.05, 3.63) is 0 Å². The van der Waals surface area contributed by atoms with E-state index in [1.54, 1.807) is 0 Å². The quantitative estimate of drug-likeness (QED) is 0.777. The van der Waals surface area contributed by atoms with Crippen molar-refractivity contribution in [3.8, 4) is 0 Å². The van der Waals surface area contributed by atoms with Gasteiger partial charge in [0.05, 0.1) is 12.2 Å². The molecule has 3 saturated heterocycles. The van der Waals surface area contributed by atoms with Crippen molar-refractivity contribution in [1.29, 1.82) is 0 Å². The topological polar surface area (TPSA) is 27.7 Å². The maximum Gasteiger partial charge on any atom is 0.0565 e. The molecule has 104 valence electrons. The average Bonchev–Trinajstić information content (AvgIpc) is 2.26. The molecule has 3 aliphatic rings. The van der Waals surface area contributed by atoms with Crippen LogP contribution < -0.4 is 5.32 Å². The summed E-state index contributed by atoms with van der Waals surface area (Å²) in [5.41, 5.74) is 0. The van der Waals surface area contributed by atoms with Crippen LogP contribution in [0, 0.1) is 0 Å². The van der Waals surface area contributed by atoms with Crippen LogP contribution in [0.25, 0.3) is 0 Å². The van der Waals surface area contributed by atoms with Gasteiger partial charge in [-0.25, -0.2) is 0 Å². The Kier molecular flexibility index (Phi) is 3.89. The molecule has 4 nitrogen and oxygen atoms in total. The number of nitrogens with one attached hydrogen (secondary N) is 1. The van der Waals surface area contributed by atoms with Crippen molar-refractivity contribution in [2.24, 2.45) is 0 Å². The van der Waals surface area contributed by atoms with Gasteiger partial charge >= 0.3 is 0 Å². The van der Waals surface area contributed by atoms with E-state index >= 15 is 0 Å². The maximum absolute atomic E-state index is 5.85. The monoisotopic (exact) mass is 253 g/mol. The highest BCUT2D eigenvalue weighted by molar-refractivity contribution is 4.90. The number of piperazine rings is 1. The molecule has 3 rings (SSSR count). The first-order chi connectivity index (χ1) is 8.72. The molecule has 0 aromatic carbocycles. The third-order valence-electron chi connectivity index (χ3n) is 4.81. The summed E-state index contributed by atoms with van der Waals surface area (Å²) in [7, 11) is 0. The highest BCUT2D eigenvalue weighted by atomic mass is 16.5. The van der Waals surface area contributed by atoms with E-state index in [-0.39, 0.29) is 0 Å². The molecule has 3 heterocycles. The van der Waals surface area contributed by atoms with Crippen molar-refractivity contribution in [3.63, 3.8) is 0 Å². The molecule has 0 aliphatic carbocycles. The summed E-state index contributed by atoms with van der Waals surface area (Å²) in [6, 6.07) is 1.57. The highest BCUT2D eigenvalue weighted by Gasteiger charge is 2.33. The van der Waals surface area contributed by atoms with Gasteiger partial charge in [-0.15, -0.1) is 0 Å². The number of rotatable bonds is 2. The van der Waals surface area contributed by atoms with E-state index in [2.05, 4.69) is 29.0 Å². The van der Waals surface area contributed by atoms with Crippen molar-refractivity contribution < 1.29 is 4.74 Å². The van der Waals surface area contributed by atoms with Crippen LogP contribution in [-0.4, -0.2) is 73.4 Å². The minimum Gasteiger partial charge on any atom is -0.375 e. The standard InChI is InChI=1S/C14H27N3O/c1-11-7-13(8-12(2)18-11)16-3-5-17(6-4-16)14-9-15-10-14/h11-15H,3-10H2,1-2H3. The number of hydrogen-bond acceptors (Lipinski definition) is 4. The van der Waals surface area contributed by atoms with E-state index in [4.69, 9.17) is 4.74 Å². The van der Waals surface area contributed by atoms with Crippen molar-refractivity contribution in [2.45, 2.75) is 51.0 Å².